The van der Waals surface area contributed by atoms with Crippen LogP contribution in [0.3, 0.4) is 0 Å². The number of amides is 1. The molecule has 23 heavy (non-hydrogen) atoms. The van der Waals surface area contributed by atoms with Crippen LogP contribution in [-0.4, -0.2) is 37.3 Å². The quantitative estimate of drug-likeness (QED) is 0.906. The Kier molecular flexibility index (Phi) is 4.38. The molecule has 7 heteroatoms. The second-order valence-corrected chi connectivity index (χ2v) is 5.73. The van der Waals surface area contributed by atoms with Gasteiger partial charge in [-0.15, -0.1) is 10.2 Å². The molecule has 3 rings (SSSR count). The standard InChI is InChI=1S/C16H19FN4O2/c1-11-16(23)20(9-12-4-2-5-13(17)8-12)10-15-19-18-14(21(11)15)6-3-7-22/h2,4-5,8,11,22H,3,6-7,9-10H2,1H3/t11-/m0/s1. The Morgan fingerprint density at radius 2 is 2.22 bits per heavy atom. The summed E-state index contributed by atoms with van der Waals surface area (Å²) in [5.41, 5.74) is 0.749. The smallest absolute Gasteiger partial charge is 0.246 e. The molecule has 0 radical (unpaired) electrons. The summed E-state index contributed by atoms with van der Waals surface area (Å²) in [5.74, 6) is 1.10. The van der Waals surface area contributed by atoms with Crippen molar-refractivity contribution in [1.82, 2.24) is 19.7 Å². The number of aromatic nitrogens is 3. The van der Waals surface area contributed by atoms with Gasteiger partial charge in [-0.25, -0.2) is 4.39 Å². The fraction of sp³-hybridized carbons (Fsp3) is 0.438. The molecule has 0 saturated carbocycles. The Balaban J connectivity index is 1.81. The third-order valence-electron chi connectivity index (χ3n) is 4.05. The van der Waals surface area contributed by atoms with Crippen molar-refractivity contribution in [3.63, 3.8) is 0 Å². The largest absolute Gasteiger partial charge is 0.396 e. The molecule has 2 heterocycles. The van der Waals surface area contributed by atoms with Gasteiger partial charge in [-0.1, -0.05) is 12.1 Å². The molecule has 1 aromatic carbocycles. The van der Waals surface area contributed by atoms with Gasteiger partial charge < -0.3 is 14.6 Å². The van der Waals surface area contributed by atoms with Crippen molar-refractivity contribution >= 4 is 5.91 Å². The van der Waals surface area contributed by atoms with E-state index in [4.69, 9.17) is 5.11 Å². The van der Waals surface area contributed by atoms with Gasteiger partial charge in [0.05, 0.1) is 6.54 Å². The lowest BCUT2D eigenvalue weighted by atomic mass is 10.1. The van der Waals surface area contributed by atoms with E-state index in [-0.39, 0.29) is 18.3 Å². The van der Waals surface area contributed by atoms with Crippen molar-refractivity contribution in [2.45, 2.75) is 38.9 Å². The van der Waals surface area contributed by atoms with Gasteiger partial charge in [0.15, 0.2) is 5.82 Å². The molecular weight excluding hydrogens is 299 g/mol. The maximum atomic E-state index is 13.3. The SMILES string of the molecule is C[C@H]1C(=O)N(Cc2cccc(F)c2)Cc2nnc(CCCO)n21. The van der Waals surface area contributed by atoms with Gasteiger partial charge in [-0.05, 0) is 31.0 Å². The van der Waals surface area contributed by atoms with Crippen LogP contribution in [-0.2, 0) is 24.3 Å². The normalized spacial score (nSPS) is 17.4. The first kappa shape index (κ1) is 15.6. The molecule has 0 bridgehead atoms. The van der Waals surface area contributed by atoms with Crippen molar-refractivity contribution in [1.29, 1.82) is 0 Å². The van der Waals surface area contributed by atoms with Gasteiger partial charge >= 0.3 is 0 Å². The molecule has 6 nitrogen and oxygen atoms in total. The maximum absolute atomic E-state index is 13.3. The summed E-state index contributed by atoms with van der Waals surface area (Å²) in [6.07, 6.45) is 1.18. The van der Waals surface area contributed by atoms with Crippen molar-refractivity contribution in [2.24, 2.45) is 0 Å². The first-order valence-electron chi connectivity index (χ1n) is 7.67. The van der Waals surface area contributed by atoms with E-state index in [1.807, 2.05) is 11.5 Å². The highest BCUT2D eigenvalue weighted by Gasteiger charge is 2.32. The van der Waals surface area contributed by atoms with Gasteiger partial charge in [0.25, 0.3) is 0 Å². The first-order chi connectivity index (χ1) is 11.1. The molecule has 1 aliphatic heterocycles. The lowest BCUT2D eigenvalue weighted by Gasteiger charge is -2.32. The molecule has 0 fully saturated rings. The average molecular weight is 318 g/mol. The molecule has 1 amide bonds. The number of nitrogens with zero attached hydrogens (tertiary/aromatic N) is 4. The summed E-state index contributed by atoms with van der Waals surface area (Å²) in [4.78, 5) is 14.3. The number of carbonyl (C=O) groups excluding carboxylic acids is 1. The van der Waals surface area contributed by atoms with E-state index in [1.54, 1.807) is 17.0 Å². The van der Waals surface area contributed by atoms with Gasteiger partial charge in [0.1, 0.15) is 17.7 Å². The van der Waals surface area contributed by atoms with Crippen LogP contribution >= 0.6 is 0 Å². The van der Waals surface area contributed by atoms with E-state index in [1.165, 1.54) is 12.1 Å². The number of benzene rings is 1. The van der Waals surface area contributed by atoms with Crippen molar-refractivity contribution in [3.05, 3.63) is 47.3 Å². The van der Waals surface area contributed by atoms with Crippen LogP contribution in [0.15, 0.2) is 24.3 Å². The molecule has 1 aromatic heterocycles. The molecule has 0 unspecified atom stereocenters. The molecule has 1 atom stereocenters. The zero-order valence-electron chi connectivity index (χ0n) is 12.9. The average Bonchev–Trinajstić information content (AvgIpc) is 2.93. The number of halogens is 1. The van der Waals surface area contributed by atoms with E-state index >= 15 is 0 Å². The molecular formula is C16H19FN4O2. The van der Waals surface area contributed by atoms with E-state index < -0.39 is 6.04 Å². The van der Waals surface area contributed by atoms with Crippen LogP contribution in [0.5, 0.6) is 0 Å². The van der Waals surface area contributed by atoms with E-state index in [2.05, 4.69) is 10.2 Å². The summed E-state index contributed by atoms with van der Waals surface area (Å²) >= 11 is 0. The molecule has 1 aliphatic rings. The van der Waals surface area contributed by atoms with Crippen molar-refractivity contribution in [3.8, 4) is 0 Å². The van der Waals surface area contributed by atoms with Crippen LogP contribution in [0.25, 0.3) is 0 Å². The number of hydrogen-bond donors (Lipinski definition) is 1. The fourth-order valence-corrected chi connectivity index (χ4v) is 2.94. The number of carbonyl (C=O) groups is 1. The summed E-state index contributed by atoms with van der Waals surface area (Å²) < 4.78 is 15.2. The Bertz CT molecular complexity index is 716. The van der Waals surface area contributed by atoms with Gasteiger partial charge in [-0.3, -0.25) is 4.79 Å². The summed E-state index contributed by atoms with van der Waals surface area (Å²) in [7, 11) is 0. The highest BCUT2D eigenvalue weighted by Crippen LogP contribution is 2.24. The minimum absolute atomic E-state index is 0.0354. The Morgan fingerprint density at radius 1 is 1.39 bits per heavy atom. The zero-order chi connectivity index (χ0) is 16.4. The monoisotopic (exact) mass is 318 g/mol. The molecule has 0 spiro atoms. The molecule has 0 aliphatic carbocycles. The summed E-state index contributed by atoms with van der Waals surface area (Å²) in [6, 6.07) is 5.86. The predicted molar refractivity (Wildman–Crippen MR) is 80.8 cm³/mol. The zero-order valence-corrected chi connectivity index (χ0v) is 12.9. The molecule has 1 N–H and O–H groups in total. The van der Waals surface area contributed by atoms with E-state index in [0.717, 1.165) is 17.2 Å². The second kappa shape index (κ2) is 6.45. The Hall–Kier alpha value is -2.28. The first-order valence-corrected chi connectivity index (χ1v) is 7.67. The number of aryl methyl sites for hydroxylation is 1. The van der Waals surface area contributed by atoms with Gasteiger partial charge in [-0.2, -0.15) is 0 Å². The van der Waals surface area contributed by atoms with Crippen LogP contribution in [0.2, 0.25) is 0 Å². The van der Waals surface area contributed by atoms with Crippen LogP contribution in [0, 0.1) is 5.82 Å². The number of fused-ring (bicyclic) bond motifs is 1. The number of aliphatic hydroxyl groups excluding tert-OH is 1. The fourth-order valence-electron chi connectivity index (χ4n) is 2.94. The number of aliphatic hydroxyl groups is 1. The number of hydrogen-bond acceptors (Lipinski definition) is 4. The molecule has 2 aromatic rings. The van der Waals surface area contributed by atoms with E-state index in [9.17, 15) is 9.18 Å². The topological polar surface area (TPSA) is 71.2 Å². The van der Waals surface area contributed by atoms with Crippen molar-refractivity contribution < 1.29 is 14.3 Å². The second-order valence-electron chi connectivity index (χ2n) is 5.73. The lowest BCUT2D eigenvalue weighted by Crippen LogP contribution is -2.41. The predicted octanol–water partition coefficient (Wildman–Crippen LogP) is 1.45. The van der Waals surface area contributed by atoms with Crippen LogP contribution < -0.4 is 0 Å². The third kappa shape index (κ3) is 3.10. The molecule has 0 saturated heterocycles. The third-order valence-corrected chi connectivity index (χ3v) is 4.05. The van der Waals surface area contributed by atoms with Gasteiger partial charge in [0, 0.05) is 19.6 Å². The Labute approximate surface area is 133 Å². The van der Waals surface area contributed by atoms with Crippen LogP contribution in [0.1, 0.15) is 36.6 Å². The highest BCUT2D eigenvalue weighted by molar-refractivity contribution is 5.81. The Morgan fingerprint density at radius 3 is 2.96 bits per heavy atom. The maximum Gasteiger partial charge on any atom is 0.246 e. The lowest BCUT2D eigenvalue weighted by molar-refractivity contribution is -0.137. The number of rotatable bonds is 5. The summed E-state index contributed by atoms with van der Waals surface area (Å²) in [5, 5.41) is 17.3. The minimum atomic E-state index is -0.393. The minimum Gasteiger partial charge on any atom is -0.396 e. The highest BCUT2D eigenvalue weighted by atomic mass is 19.1. The summed E-state index contributed by atoms with van der Waals surface area (Å²) in [6.45, 7) is 2.59. The van der Waals surface area contributed by atoms with Gasteiger partial charge in [0.2, 0.25) is 5.91 Å². The molecule has 122 valence electrons. The van der Waals surface area contributed by atoms with E-state index in [0.29, 0.717) is 25.9 Å². The van der Waals surface area contributed by atoms with Crippen LogP contribution in [0.4, 0.5) is 4.39 Å². The van der Waals surface area contributed by atoms with Crippen molar-refractivity contribution in [2.75, 3.05) is 6.61 Å².